The molecule has 0 aliphatic carbocycles. The van der Waals surface area contributed by atoms with Gasteiger partial charge in [-0.3, -0.25) is 0 Å². The fourth-order valence-electron chi connectivity index (χ4n) is 4.04. The first-order valence-corrected chi connectivity index (χ1v) is 10.1. The molecule has 2 aliphatic rings. The van der Waals surface area contributed by atoms with Gasteiger partial charge in [0.25, 0.3) is 0 Å². The van der Waals surface area contributed by atoms with E-state index >= 15 is 0 Å². The Labute approximate surface area is 175 Å². The van der Waals surface area contributed by atoms with Gasteiger partial charge in [-0.1, -0.05) is 13.0 Å². The van der Waals surface area contributed by atoms with Crippen molar-refractivity contribution in [3.63, 3.8) is 0 Å². The number of likely N-dealkylation sites (tertiary alicyclic amines) is 1. The Morgan fingerprint density at radius 1 is 1.33 bits per heavy atom. The zero-order valence-electron chi connectivity index (χ0n) is 17.3. The summed E-state index contributed by atoms with van der Waals surface area (Å²) in [6.45, 7) is 5.96. The number of hydrogen-bond donors (Lipinski definition) is 1. The maximum atomic E-state index is 11.3. The molecular weight excluding hydrogens is 386 g/mol. The highest BCUT2D eigenvalue weighted by Gasteiger charge is 2.33. The third kappa shape index (κ3) is 4.65. The number of esters is 1. The van der Waals surface area contributed by atoms with Gasteiger partial charge in [-0.25, -0.2) is 9.78 Å². The van der Waals surface area contributed by atoms with E-state index in [-0.39, 0.29) is 11.4 Å². The molecule has 1 fully saturated rings. The summed E-state index contributed by atoms with van der Waals surface area (Å²) in [4.78, 5) is 20.1. The second-order valence-corrected chi connectivity index (χ2v) is 8.43. The van der Waals surface area contributed by atoms with Gasteiger partial charge in [0.15, 0.2) is 5.82 Å². The fourth-order valence-corrected chi connectivity index (χ4v) is 4.04. The number of aromatic nitrogens is 5. The number of aliphatic hydroxyl groups is 1. The van der Waals surface area contributed by atoms with Crippen molar-refractivity contribution in [2.45, 2.75) is 25.9 Å². The molecule has 0 radical (unpaired) electrons. The van der Waals surface area contributed by atoms with Crippen LogP contribution in [0.2, 0.25) is 0 Å². The molecule has 0 bridgehead atoms. The molecule has 1 unspecified atom stereocenters. The van der Waals surface area contributed by atoms with E-state index < -0.39 is 6.10 Å². The number of carbonyl (C=O) groups is 1. The van der Waals surface area contributed by atoms with Crippen molar-refractivity contribution in [3.05, 3.63) is 42.0 Å². The number of likely N-dealkylation sites (N-methyl/N-ethyl adjacent to an activating group) is 1. The van der Waals surface area contributed by atoms with E-state index in [1.165, 1.54) is 11.0 Å². The minimum absolute atomic E-state index is 0.164. The van der Waals surface area contributed by atoms with Gasteiger partial charge in [0, 0.05) is 38.0 Å². The lowest BCUT2D eigenvalue weighted by Gasteiger charge is -2.42. The van der Waals surface area contributed by atoms with E-state index in [1.807, 2.05) is 13.1 Å². The van der Waals surface area contributed by atoms with E-state index in [2.05, 4.69) is 37.2 Å². The largest absolute Gasteiger partial charge is 0.456 e. The highest BCUT2D eigenvalue weighted by atomic mass is 16.5. The number of β-amino-alcohol motifs (C(OH)–C–C–N with tert-alkyl or cyclic N) is 1. The third-order valence-corrected chi connectivity index (χ3v) is 5.99. The fraction of sp³-hybridized carbons (Fsp3) is 0.550. The van der Waals surface area contributed by atoms with Crippen LogP contribution in [0.15, 0.2) is 36.4 Å². The minimum Gasteiger partial charge on any atom is -0.456 e. The summed E-state index contributed by atoms with van der Waals surface area (Å²) in [7, 11) is 2.02. The van der Waals surface area contributed by atoms with Gasteiger partial charge in [0.2, 0.25) is 0 Å². The minimum atomic E-state index is -0.598. The van der Waals surface area contributed by atoms with E-state index in [0.29, 0.717) is 19.0 Å². The summed E-state index contributed by atoms with van der Waals surface area (Å²) in [5.41, 5.74) is 1.88. The molecule has 2 aromatic rings. The van der Waals surface area contributed by atoms with Crippen molar-refractivity contribution in [3.8, 4) is 5.82 Å². The lowest BCUT2D eigenvalue weighted by atomic mass is 9.79. The molecule has 0 aromatic carbocycles. The van der Waals surface area contributed by atoms with Crippen LogP contribution in [0, 0.1) is 5.41 Å². The summed E-state index contributed by atoms with van der Waals surface area (Å²) < 4.78 is 6.49. The highest BCUT2D eigenvalue weighted by Crippen LogP contribution is 2.33. The molecule has 0 saturated carbocycles. The van der Waals surface area contributed by atoms with Crippen LogP contribution in [0.3, 0.4) is 0 Å². The lowest BCUT2D eigenvalue weighted by Crippen LogP contribution is -2.45. The van der Waals surface area contributed by atoms with Crippen LogP contribution < -0.4 is 0 Å². The number of cyclic esters (lactones) is 1. The topological polar surface area (TPSA) is 110 Å². The van der Waals surface area contributed by atoms with E-state index in [9.17, 15) is 9.90 Å². The first-order valence-electron chi connectivity index (χ1n) is 10.1. The van der Waals surface area contributed by atoms with Gasteiger partial charge in [0.1, 0.15) is 12.9 Å². The molecule has 4 heterocycles. The van der Waals surface area contributed by atoms with Crippen LogP contribution in [0.1, 0.15) is 31.4 Å². The summed E-state index contributed by atoms with van der Waals surface area (Å²) >= 11 is 0. The number of ether oxygens (including phenoxy) is 1. The van der Waals surface area contributed by atoms with Gasteiger partial charge >= 0.3 is 5.97 Å². The molecule has 4 rings (SSSR count). The smallest absolute Gasteiger partial charge is 0.333 e. The lowest BCUT2D eigenvalue weighted by molar-refractivity contribution is -0.135. The summed E-state index contributed by atoms with van der Waals surface area (Å²) in [6.07, 6.45) is 6.19. The standard InChI is InChI=1S/C20H27N7O3/c1-20(13-25(2)16-9-19(29)30-12-16)5-7-26(8-6-20)11-17(28)15-3-4-18(21-10-15)27-14-22-23-24-27/h3-4,9-10,14,17,28H,5-8,11-13H2,1-2H3. The molecule has 1 N–H and O–H groups in total. The predicted molar refractivity (Wildman–Crippen MR) is 107 cm³/mol. The Bertz CT molecular complexity index is 890. The van der Waals surface area contributed by atoms with Gasteiger partial charge in [-0.05, 0) is 47.8 Å². The van der Waals surface area contributed by atoms with Gasteiger partial charge in [-0.2, -0.15) is 4.68 Å². The van der Waals surface area contributed by atoms with Crippen molar-refractivity contribution < 1.29 is 14.6 Å². The van der Waals surface area contributed by atoms with Gasteiger partial charge in [0.05, 0.1) is 11.8 Å². The van der Waals surface area contributed by atoms with Crippen molar-refractivity contribution in [1.29, 1.82) is 0 Å². The number of aliphatic hydroxyl groups excluding tert-OH is 1. The van der Waals surface area contributed by atoms with Crippen molar-refractivity contribution in [1.82, 2.24) is 35.0 Å². The zero-order chi connectivity index (χ0) is 21.1. The van der Waals surface area contributed by atoms with Crippen LogP contribution in [0.25, 0.3) is 5.82 Å². The Kier molecular flexibility index (Phi) is 5.78. The summed E-state index contributed by atoms with van der Waals surface area (Å²) in [5, 5.41) is 21.7. The van der Waals surface area contributed by atoms with Crippen molar-refractivity contribution in [2.75, 3.05) is 39.8 Å². The maximum absolute atomic E-state index is 11.3. The Morgan fingerprint density at radius 2 is 2.13 bits per heavy atom. The first-order chi connectivity index (χ1) is 14.4. The number of nitrogens with zero attached hydrogens (tertiary/aromatic N) is 7. The quantitative estimate of drug-likeness (QED) is 0.651. The molecule has 0 spiro atoms. The number of rotatable bonds is 7. The second kappa shape index (κ2) is 8.49. The van der Waals surface area contributed by atoms with Crippen molar-refractivity contribution >= 4 is 5.97 Å². The monoisotopic (exact) mass is 413 g/mol. The van der Waals surface area contributed by atoms with Crippen molar-refractivity contribution in [2.24, 2.45) is 5.41 Å². The average Bonchev–Trinajstić information content (AvgIpc) is 3.42. The van der Waals surface area contributed by atoms with Gasteiger partial charge < -0.3 is 19.6 Å². The number of hydrogen-bond acceptors (Lipinski definition) is 9. The summed E-state index contributed by atoms with van der Waals surface area (Å²) in [6, 6.07) is 3.65. The molecule has 2 aliphatic heterocycles. The SMILES string of the molecule is CN(CC1(C)CCN(CC(O)c2ccc(-n3cnnn3)nc2)CC1)C1=CC(=O)OC1. The number of carbonyl (C=O) groups excluding carboxylic acids is 1. The molecule has 1 saturated heterocycles. The molecule has 160 valence electrons. The van der Waals surface area contributed by atoms with E-state index in [0.717, 1.165) is 43.7 Å². The number of tetrazole rings is 1. The highest BCUT2D eigenvalue weighted by molar-refractivity contribution is 5.85. The molecule has 2 aromatic heterocycles. The second-order valence-electron chi connectivity index (χ2n) is 8.43. The average molecular weight is 413 g/mol. The number of pyridine rings is 1. The Hall–Kier alpha value is -2.85. The number of piperidine rings is 1. The predicted octanol–water partition coefficient (Wildman–Crippen LogP) is 0.565. The van der Waals surface area contributed by atoms with Crippen LogP contribution in [0.4, 0.5) is 0 Å². The van der Waals surface area contributed by atoms with Gasteiger partial charge in [-0.15, -0.1) is 5.10 Å². The normalized spacial score (nSPS) is 20.0. The zero-order valence-corrected chi connectivity index (χ0v) is 17.3. The Balaban J connectivity index is 1.28. The van der Waals surface area contributed by atoms with Crippen LogP contribution in [-0.4, -0.2) is 85.9 Å². The van der Waals surface area contributed by atoms with E-state index in [4.69, 9.17) is 4.74 Å². The molecule has 10 heteroatoms. The third-order valence-electron chi connectivity index (χ3n) is 5.99. The summed E-state index contributed by atoms with van der Waals surface area (Å²) in [5.74, 6) is 0.351. The molecule has 0 amide bonds. The van der Waals surface area contributed by atoms with Crippen LogP contribution >= 0.6 is 0 Å². The van der Waals surface area contributed by atoms with E-state index in [1.54, 1.807) is 18.3 Å². The van der Waals surface area contributed by atoms with Crippen LogP contribution in [0.5, 0.6) is 0 Å². The first kappa shape index (κ1) is 20.4. The van der Waals surface area contributed by atoms with Crippen LogP contribution in [-0.2, 0) is 9.53 Å². The molecule has 1 atom stereocenters. The molecular formula is C20H27N7O3. The molecule has 30 heavy (non-hydrogen) atoms. The maximum Gasteiger partial charge on any atom is 0.333 e. The molecule has 10 nitrogen and oxygen atoms in total. The Morgan fingerprint density at radius 3 is 2.73 bits per heavy atom.